The number of benzene rings is 2. The number of hydrogen-bond donors (Lipinski definition) is 0. The summed E-state index contributed by atoms with van der Waals surface area (Å²) in [5, 5.41) is 0. The van der Waals surface area contributed by atoms with Crippen molar-refractivity contribution < 1.29 is 14.4 Å². The number of rotatable bonds is 3. The Hall–Kier alpha value is -2.85. The minimum Gasteiger partial charge on any atom is -0.299 e. The lowest BCUT2D eigenvalue weighted by molar-refractivity contribution is -0.122. The van der Waals surface area contributed by atoms with Gasteiger partial charge in [-0.05, 0) is 30.4 Å². The molecule has 4 nitrogen and oxygen atoms in total. The predicted octanol–water partition coefficient (Wildman–Crippen LogP) is 4.11. The van der Waals surface area contributed by atoms with E-state index in [1.54, 1.807) is 31.2 Å². The van der Waals surface area contributed by atoms with Gasteiger partial charge < -0.3 is 0 Å². The highest BCUT2D eigenvalue weighted by atomic mass is 16.1. The average Bonchev–Trinajstić information content (AvgIpc) is 3.22. The lowest BCUT2D eigenvalue weighted by Crippen LogP contribution is -2.40. The third-order valence-corrected chi connectivity index (χ3v) is 7.03. The first-order valence-electron chi connectivity index (χ1n) is 10.8. The van der Waals surface area contributed by atoms with Crippen LogP contribution in [0.4, 0.5) is 0 Å². The zero-order chi connectivity index (χ0) is 20.8. The zero-order valence-electron chi connectivity index (χ0n) is 17.1. The van der Waals surface area contributed by atoms with E-state index in [1.165, 1.54) is 5.56 Å². The number of allylic oxidation sites excluding steroid dienone is 2. The number of nitrogens with zero attached hydrogens (tertiary/aromatic N) is 1. The SMILES string of the molecule is CC1C(=O)CC([C@@H]2CCN(Cc3ccccc3)C2)C2=C1C(=O)c1ccccc1C2=O. The second-order valence-electron chi connectivity index (χ2n) is 8.80. The second kappa shape index (κ2) is 7.44. The molecule has 5 rings (SSSR count). The van der Waals surface area contributed by atoms with Gasteiger partial charge in [-0.2, -0.15) is 0 Å². The van der Waals surface area contributed by atoms with Gasteiger partial charge >= 0.3 is 0 Å². The molecule has 3 atom stereocenters. The molecule has 0 aromatic heterocycles. The van der Waals surface area contributed by atoms with E-state index in [1.807, 2.05) is 18.2 Å². The van der Waals surface area contributed by atoms with Crippen LogP contribution >= 0.6 is 0 Å². The van der Waals surface area contributed by atoms with E-state index >= 15 is 0 Å². The van der Waals surface area contributed by atoms with Crippen LogP contribution in [0.25, 0.3) is 0 Å². The maximum atomic E-state index is 13.5. The van der Waals surface area contributed by atoms with Crippen molar-refractivity contribution in [2.45, 2.75) is 26.3 Å². The van der Waals surface area contributed by atoms with Gasteiger partial charge in [0.25, 0.3) is 0 Å². The summed E-state index contributed by atoms with van der Waals surface area (Å²) in [6.07, 6.45) is 1.31. The van der Waals surface area contributed by atoms with Crippen LogP contribution in [0.5, 0.6) is 0 Å². The number of ketones is 3. The van der Waals surface area contributed by atoms with Crippen LogP contribution in [0.15, 0.2) is 65.7 Å². The van der Waals surface area contributed by atoms with Crippen molar-refractivity contribution in [1.29, 1.82) is 0 Å². The Labute approximate surface area is 176 Å². The maximum absolute atomic E-state index is 13.5. The van der Waals surface area contributed by atoms with E-state index in [4.69, 9.17) is 0 Å². The molecule has 2 aliphatic carbocycles. The minimum atomic E-state index is -0.497. The fourth-order valence-electron chi connectivity index (χ4n) is 5.45. The highest BCUT2D eigenvalue weighted by Gasteiger charge is 2.46. The summed E-state index contributed by atoms with van der Waals surface area (Å²) in [6.45, 7) is 4.45. The summed E-state index contributed by atoms with van der Waals surface area (Å²) < 4.78 is 0. The molecule has 2 unspecified atom stereocenters. The molecule has 0 bridgehead atoms. The molecule has 1 fully saturated rings. The van der Waals surface area contributed by atoms with Gasteiger partial charge in [0.2, 0.25) is 0 Å². The topological polar surface area (TPSA) is 54.5 Å². The zero-order valence-corrected chi connectivity index (χ0v) is 17.1. The molecule has 0 N–H and O–H groups in total. The number of hydrogen-bond acceptors (Lipinski definition) is 4. The van der Waals surface area contributed by atoms with Crippen molar-refractivity contribution in [3.05, 3.63) is 82.4 Å². The molecule has 1 saturated heterocycles. The maximum Gasteiger partial charge on any atom is 0.190 e. The molecule has 0 saturated carbocycles. The average molecular weight is 399 g/mol. The summed E-state index contributed by atoms with van der Waals surface area (Å²) in [6, 6.07) is 17.4. The van der Waals surface area contributed by atoms with Crippen LogP contribution in [0.2, 0.25) is 0 Å². The first-order valence-corrected chi connectivity index (χ1v) is 10.8. The Kier molecular flexibility index (Phi) is 4.75. The van der Waals surface area contributed by atoms with Gasteiger partial charge in [-0.1, -0.05) is 61.5 Å². The van der Waals surface area contributed by atoms with Crippen molar-refractivity contribution in [1.82, 2.24) is 4.90 Å². The molecule has 3 aliphatic rings. The van der Waals surface area contributed by atoms with E-state index in [9.17, 15) is 14.4 Å². The Morgan fingerprint density at radius 2 is 1.50 bits per heavy atom. The lowest BCUT2D eigenvalue weighted by Gasteiger charge is -2.36. The predicted molar refractivity (Wildman–Crippen MR) is 114 cm³/mol. The van der Waals surface area contributed by atoms with Crippen LogP contribution < -0.4 is 0 Å². The van der Waals surface area contributed by atoms with Crippen molar-refractivity contribution in [3.8, 4) is 0 Å². The monoisotopic (exact) mass is 399 g/mol. The van der Waals surface area contributed by atoms with Crippen molar-refractivity contribution >= 4 is 17.3 Å². The van der Waals surface area contributed by atoms with Crippen LogP contribution in [0.1, 0.15) is 46.0 Å². The Morgan fingerprint density at radius 1 is 0.867 bits per heavy atom. The number of likely N-dealkylation sites (tertiary alicyclic amines) is 1. The van der Waals surface area contributed by atoms with Crippen molar-refractivity contribution in [2.75, 3.05) is 13.1 Å². The quantitative estimate of drug-likeness (QED) is 0.779. The standard InChI is InChI=1S/C26H25NO3/c1-16-22(28)13-21(18-11-12-27(15-18)14-17-7-3-2-4-8-17)24-23(16)25(29)19-9-5-6-10-20(19)26(24)30/h2-10,16,18,21H,11-15H2,1H3/t16?,18-,21?/m1/s1. The molecule has 2 aromatic carbocycles. The number of fused-ring (bicyclic) bond motifs is 1. The van der Waals surface area contributed by atoms with E-state index in [0.717, 1.165) is 26.1 Å². The molecule has 4 heteroatoms. The summed E-state index contributed by atoms with van der Waals surface area (Å²) in [5.74, 6) is -0.536. The van der Waals surface area contributed by atoms with Crippen molar-refractivity contribution in [2.24, 2.45) is 17.8 Å². The second-order valence-corrected chi connectivity index (χ2v) is 8.80. The highest BCUT2D eigenvalue weighted by Crippen LogP contribution is 2.44. The summed E-state index contributed by atoms with van der Waals surface area (Å²) in [4.78, 5) is 41.9. The first kappa shape index (κ1) is 19.1. The molecule has 2 aromatic rings. The molecule has 152 valence electrons. The van der Waals surface area contributed by atoms with E-state index in [0.29, 0.717) is 28.7 Å². The van der Waals surface area contributed by atoms with E-state index < -0.39 is 5.92 Å². The third-order valence-electron chi connectivity index (χ3n) is 7.03. The Balaban J connectivity index is 1.47. The molecular weight excluding hydrogens is 374 g/mol. The summed E-state index contributed by atoms with van der Waals surface area (Å²) in [5.41, 5.74) is 3.29. The van der Waals surface area contributed by atoms with Gasteiger partial charge in [0.1, 0.15) is 5.78 Å². The normalized spacial score (nSPS) is 26.7. The number of Topliss-reactive ketones (excluding diaryl/α,β-unsaturated/α-hetero) is 3. The van der Waals surface area contributed by atoms with Crippen LogP contribution in [0, 0.1) is 17.8 Å². The lowest BCUT2D eigenvalue weighted by atomic mass is 9.65. The van der Waals surface area contributed by atoms with Gasteiger partial charge in [0.15, 0.2) is 11.6 Å². The third kappa shape index (κ3) is 3.07. The summed E-state index contributed by atoms with van der Waals surface area (Å²) in [7, 11) is 0. The molecule has 0 amide bonds. The van der Waals surface area contributed by atoms with Crippen LogP contribution in [0.3, 0.4) is 0 Å². The van der Waals surface area contributed by atoms with Crippen molar-refractivity contribution in [3.63, 3.8) is 0 Å². The van der Waals surface area contributed by atoms with Gasteiger partial charge in [0.05, 0.1) is 0 Å². The molecule has 1 heterocycles. The largest absolute Gasteiger partial charge is 0.299 e. The fourth-order valence-corrected chi connectivity index (χ4v) is 5.45. The molecule has 30 heavy (non-hydrogen) atoms. The first-order chi connectivity index (χ1) is 14.5. The molecular formula is C26H25NO3. The smallest absolute Gasteiger partial charge is 0.190 e. The van der Waals surface area contributed by atoms with Gasteiger partial charge in [-0.25, -0.2) is 0 Å². The molecule has 0 radical (unpaired) electrons. The van der Waals surface area contributed by atoms with E-state index in [-0.39, 0.29) is 29.2 Å². The van der Waals surface area contributed by atoms with Crippen LogP contribution in [-0.4, -0.2) is 35.3 Å². The minimum absolute atomic E-state index is 0.0499. The van der Waals surface area contributed by atoms with Gasteiger partial charge in [-0.15, -0.1) is 0 Å². The Bertz CT molecular complexity index is 1070. The molecule has 0 spiro atoms. The highest BCUT2D eigenvalue weighted by molar-refractivity contribution is 6.29. The van der Waals surface area contributed by atoms with Gasteiger partial charge in [-0.3, -0.25) is 19.3 Å². The van der Waals surface area contributed by atoms with E-state index in [2.05, 4.69) is 17.0 Å². The fraction of sp³-hybridized carbons (Fsp3) is 0.346. The number of carbonyl (C=O) groups excluding carboxylic acids is 3. The van der Waals surface area contributed by atoms with Crippen LogP contribution in [-0.2, 0) is 11.3 Å². The number of carbonyl (C=O) groups is 3. The van der Waals surface area contributed by atoms with Gasteiger partial charge in [0, 0.05) is 47.7 Å². The Morgan fingerprint density at radius 3 is 2.20 bits per heavy atom. The molecule has 1 aliphatic heterocycles. The summed E-state index contributed by atoms with van der Waals surface area (Å²) >= 11 is 0.